The third-order valence-corrected chi connectivity index (χ3v) is 2.88. The standard InChI is InChI=1S/C12H10P.BrH.ClH.Li.Mg/c1-3-7-11(8-4-1)13-12-9-5-2-6-10-12;;;;/h1-10H;2*1H;;/q-1;;;+1;+2/p-2. The van der Waals surface area contributed by atoms with Gasteiger partial charge in [0.25, 0.3) is 0 Å². The molecule has 80 valence electrons. The average Bonchev–Trinajstić information content (AvgIpc) is 2.21. The van der Waals surface area contributed by atoms with Crippen molar-refractivity contribution in [1.29, 1.82) is 0 Å². The molecule has 0 aliphatic carbocycles. The van der Waals surface area contributed by atoms with Crippen molar-refractivity contribution < 1.29 is 48.2 Å². The van der Waals surface area contributed by atoms with E-state index in [4.69, 9.17) is 0 Å². The van der Waals surface area contributed by atoms with Crippen LogP contribution in [0.4, 0.5) is 0 Å². The summed E-state index contributed by atoms with van der Waals surface area (Å²) in [4.78, 5) is 0. The molecule has 0 aliphatic heterocycles. The zero-order valence-electron chi connectivity index (χ0n) is 9.68. The van der Waals surface area contributed by atoms with Crippen LogP contribution in [0, 0.1) is 0 Å². The topological polar surface area (TPSA) is 0 Å². The molecular formula is C12H10BrClLiMgP. The second-order valence-electron chi connectivity index (χ2n) is 2.78. The first-order valence-electron chi connectivity index (χ1n) is 4.27. The van der Waals surface area contributed by atoms with Crippen LogP contribution in [-0.4, -0.2) is 23.1 Å². The van der Waals surface area contributed by atoms with E-state index in [0.717, 1.165) is 0 Å². The Bertz CT molecular complexity index is 337. The van der Waals surface area contributed by atoms with Gasteiger partial charge in [-0.3, -0.25) is 0 Å². The molecule has 2 aromatic rings. The Morgan fingerprint density at radius 2 is 0.941 bits per heavy atom. The molecule has 2 rings (SSSR count). The van der Waals surface area contributed by atoms with Gasteiger partial charge in [-0.2, -0.15) is 0 Å². The number of rotatable bonds is 2. The predicted molar refractivity (Wildman–Crippen MR) is 64.8 cm³/mol. The molecule has 0 nitrogen and oxygen atoms in total. The van der Waals surface area contributed by atoms with Gasteiger partial charge in [0.05, 0.1) is 0 Å². The molecule has 0 fully saturated rings. The van der Waals surface area contributed by atoms with Crippen LogP contribution in [-0.2, 0) is 0 Å². The Morgan fingerprint density at radius 3 is 1.24 bits per heavy atom. The minimum atomic E-state index is 0. The zero-order valence-corrected chi connectivity index (χ0v) is 14.3. The smallest absolute Gasteiger partial charge is 1.00 e. The summed E-state index contributed by atoms with van der Waals surface area (Å²) >= 11 is 0. The van der Waals surface area contributed by atoms with Gasteiger partial charge in [-0.05, 0) is 0 Å². The third-order valence-electron chi connectivity index (χ3n) is 1.77. The Labute approximate surface area is 150 Å². The van der Waals surface area contributed by atoms with Crippen LogP contribution >= 0.6 is 8.58 Å². The van der Waals surface area contributed by atoms with Gasteiger partial charge >= 0.3 is 41.9 Å². The van der Waals surface area contributed by atoms with Crippen LogP contribution in [0.5, 0.6) is 0 Å². The van der Waals surface area contributed by atoms with E-state index in [1.807, 2.05) is 12.1 Å². The van der Waals surface area contributed by atoms with E-state index in [-0.39, 0.29) is 71.3 Å². The zero-order chi connectivity index (χ0) is 8.93. The summed E-state index contributed by atoms with van der Waals surface area (Å²) in [5.74, 6) is 0. The Morgan fingerprint density at radius 1 is 0.647 bits per heavy atom. The van der Waals surface area contributed by atoms with Crippen molar-refractivity contribution in [3.8, 4) is 0 Å². The van der Waals surface area contributed by atoms with Crippen LogP contribution in [0.3, 0.4) is 0 Å². The molecule has 5 heteroatoms. The van der Waals surface area contributed by atoms with Gasteiger partial charge in [0.1, 0.15) is 0 Å². The first-order chi connectivity index (χ1) is 6.45. The van der Waals surface area contributed by atoms with Crippen molar-refractivity contribution in [2.45, 2.75) is 0 Å². The molecule has 0 radical (unpaired) electrons. The molecule has 0 atom stereocenters. The third kappa shape index (κ3) is 8.68. The molecule has 17 heavy (non-hydrogen) atoms. The summed E-state index contributed by atoms with van der Waals surface area (Å²) in [6.07, 6.45) is 0. The minimum absolute atomic E-state index is 0. The van der Waals surface area contributed by atoms with Crippen molar-refractivity contribution in [3.05, 3.63) is 60.7 Å². The largest absolute Gasteiger partial charge is 2.00 e. The monoisotopic (exact) mass is 330 g/mol. The SMILES string of the molecule is [Br-].[Cl-].[Li+].[Mg+2].c1ccc([P-]c2ccccc2)cc1. The van der Waals surface area contributed by atoms with E-state index in [2.05, 4.69) is 48.5 Å². The number of hydrogen-bond acceptors (Lipinski definition) is 0. The van der Waals surface area contributed by atoms with Crippen molar-refractivity contribution >= 4 is 42.2 Å². The maximum atomic E-state index is 2.15. The molecule has 0 amide bonds. The Balaban J connectivity index is -0.000000490. The summed E-state index contributed by atoms with van der Waals surface area (Å²) in [6.45, 7) is 0. The normalized spacial score (nSPS) is 7.53. The molecule has 0 spiro atoms. The Hall–Kier alpha value is 1.00. The van der Waals surface area contributed by atoms with Crippen LogP contribution < -0.4 is 58.9 Å². The molecule has 0 saturated heterocycles. The molecule has 0 bridgehead atoms. The summed E-state index contributed by atoms with van der Waals surface area (Å²) in [5.41, 5.74) is 0. The predicted octanol–water partition coefficient (Wildman–Crippen LogP) is -6.79. The summed E-state index contributed by atoms with van der Waals surface area (Å²) in [6, 6.07) is 21.0. The fraction of sp³-hybridized carbons (Fsp3) is 0. The van der Waals surface area contributed by atoms with Crippen molar-refractivity contribution in [2.24, 2.45) is 0 Å². The first-order valence-corrected chi connectivity index (χ1v) is 5.16. The molecule has 2 aromatic carbocycles. The Kier molecular flexibility index (Phi) is 18.3. The van der Waals surface area contributed by atoms with E-state index < -0.39 is 0 Å². The average molecular weight is 332 g/mol. The molecule has 0 aliphatic rings. The first kappa shape index (κ1) is 23.1. The van der Waals surface area contributed by atoms with Crippen LogP contribution in [0.1, 0.15) is 0 Å². The minimum Gasteiger partial charge on any atom is -1.00 e. The number of benzene rings is 2. The quantitative estimate of drug-likeness (QED) is 0.379. The molecular weight excluding hydrogens is 322 g/mol. The summed E-state index contributed by atoms with van der Waals surface area (Å²) in [7, 11) is 1.28. The van der Waals surface area contributed by atoms with Gasteiger partial charge in [0, 0.05) is 0 Å². The van der Waals surface area contributed by atoms with Crippen LogP contribution in [0.25, 0.3) is 0 Å². The van der Waals surface area contributed by atoms with E-state index in [9.17, 15) is 0 Å². The van der Waals surface area contributed by atoms with Gasteiger partial charge in [0.2, 0.25) is 0 Å². The van der Waals surface area contributed by atoms with Gasteiger partial charge < -0.3 is 38.0 Å². The summed E-state index contributed by atoms with van der Waals surface area (Å²) in [5, 5.41) is 2.68. The number of hydrogen-bond donors (Lipinski definition) is 0. The van der Waals surface area contributed by atoms with Crippen molar-refractivity contribution in [3.63, 3.8) is 0 Å². The van der Waals surface area contributed by atoms with Gasteiger partial charge in [-0.1, -0.05) is 60.7 Å². The fourth-order valence-electron chi connectivity index (χ4n) is 1.15. The van der Waals surface area contributed by atoms with E-state index in [0.29, 0.717) is 0 Å². The molecule has 0 aromatic heterocycles. The second-order valence-corrected chi connectivity index (χ2v) is 4.04. The van der Waals surface area contributed by atoms with Crippen LogP contribution in [0.15, 0.2) is 60.7 Å². The molecule has 0 heterocycles. The molecule has 0 N–H and O–H groups in total. The number of halogens is 2. The second kappa shape index (κ2) is 13.4. The van der Waals surface area contributed by atoms with Gasteiger partial charge in [-0.25, -0.2) is 10.6 Å². The van der Waals surface area contributed by atoms with Crippen molar-refractivity contribution in [1.82, 2.24) is 0 Å². The molecule has 0 unspecified atom stereocenters. The maximum absolute atomic E-state index is 2.15. The van der Waals surface area contributed by atoms with E-state index in [1.165, 1.54) is 19.2 Å². The maximum Gasteiger partial charge on any atom is 2.00 e. The molecule has 0 saturated carbocycles. The van der Waals surface area contributed by atoms with Crippen molar-refractivity contribution in [2.75, 3.05) is 0 Å². The van der Waals surface area contributed by atoms with E-state index in [1.54, 1.807) is 0 Å². The van der Waals surface area contributed by atoms with Gasteiger partial charge in [0.15, 0.2) is 0 Å². The van der Waals surface area contributed by atoms with Gasteiger partial charge in [-0.15, -0.1) is 0 Å². The van der Waals surface area contributed by atoms with Crippen LogP contribution in [0.2, 0.25) is 0 Å². The fourth-order valence-corrected chi connectivity index (χ4v) is 2.09. The summed E-state index contributed by atoms with van der Waals surface area (Å²) < 4.78 is 0. The van der Waals surface area contributed by atoms with E-state index >= 15 is 0 Å².